The molecule has 21 heavy (non-hydrogen) atoms. The predicted octanol–water partition coefficient (Wildman–Crippen LogP) is -0.318. The maximum absolute atomic E-state index is 11.0. The Labute approximate surface area is 124 Å². The summed E-state index contributed by atoms with van der Waals surface area (Å²) in [4.78, 5) is 0. The molecule has 0 radical (unpaired) electrons. The predicted molar refractivity (Wildman–Crippen MR) is 73.6 cm³/mol. The van der Waals surface area contributed by atoms with Crippen LogP contribution in [-0.2, 0) is 30.4 Å². The van der Waals surface area contributed by atoms with E-state index in [0.717, 1.165) is 0 Å². The highest BCUT2D eigenvalue weighted by molar-refractivity contribution is 7.86. The largest absolute Gasteiger partial charge is 0.286 e. The molecule has 1 saturated carbocycles. The van der Waals surface area contributed by atoms with Gasteiger partial charge in [0, 0.05) is 0 Å². The molecule has 0 unspecified atom stereocenters. The molecule has 3 N–H and O–H groups in total. The summed E-state index contributed by atoms with van der Waals surface area (Å²) in [6.07, 6.45) is 0.488. The normalized spacial score (nSPS) is 28.4. The molecule has 126 valence electrons. The molecule has 1 fully saturated rings. The minimum atomic E-state index is -4.37. The van der Waals surface area contributed by atoms with Gasteiger partial charge in [0.15, 0.2) is 0 Å². The fourth-order valence-electron chi connectivity index (χ4n) is 2.84. The van der Waals surface area contributed by atoms with Crippen molar-refractivity contribution in [2.75, 3.05) is 17.3 Å². The lowest BCUT2D eigenvalue weighted by Crippen LogP contribution is -2.36. The topological polar surface area (TPSA) is 163 Å². The molecule has 0 aromatic rings. The molecular formula is C9H18O9S3. The van der Waals surface area contributed by atoms with E-state index < -0.39 is 65.4 Å². The van der Waals surface area contributed by atoms with Crippen LogP contribution >= 0.6 is 0 Å². The van der Waals surface area contributed by atoms with Crippen molar-refractivity contribution in [1.29, 1.82) is 0 Å². The van der Waals surface area contributed by atoms with Crippen molar-refractivity contribution in [1.82, 2.24) is 0 Å². The number of hydrogen-bond acceptors (Lipinski definition) is 6. The lowest BCUT2D eigenvalue weighted by atomic mass is 9.76. The summed E-state index contributed by atoms with van der Waals surface area (Å²) in [5.74, 6) is -3.93. The van der Waals surface area contributed by atoms with E-state index in [1.54, 1.807) is 0 Å². The molecule has 12 heteroatoms. The Bertz CT molecular complexity index is 661. The summed E-state index contributed by atoms with van der Waals surface area (Å²) in [5.41, 5.74) is 0. The van der Waals surface area contributed by atoms with E-state index in [4.69, 9.17) is 13.7 Å². The van der Waals surface area contributed by atoms with E-state index in [-0.39, 0.29) is 19.3 Å². The van der Waals surface area contributed by atoms with Gasteiger partial charge >= 0.3 is 0 Å². The third kappa shape index (κ3) is 8.07. The van der Waals surface area contributed by atoms with Crippen LogP contribution in [0.5, 0.6) is 0 Å². The first-order valence-electron chi connectivity index (χ1n) is 6.10. The highest BCUT2D eigenvalue weighted by Crippen LogP contribution is 2.36. The summed E-state index contributed by atoms with van der Waals surface area (Å²) in [6, 6.07) is 0. The van der Waals surface area contributed by atoms with Crippen LogP contribution < -0.4 is 0 Å². The minimum absolute atomic E-state index is 0.0275. The van der Waals surface area contributed by atoms with Gasteiger partial charge in [0.2, 0.25) is 0 Å². The quantitative estimate of drug-likeness (QED) is 0.534. The van der Waals surface area contributed by atoms with E-state index in [9.17, 15) is 25.3 Å². The monoisotopic (exact) mass is 366 g/mol. The third-order valence-corrected chi connectivity index (χ3v) is 6.14. The third-order valence-electron chi connectivity index (χ3n) is 3.54. The van der Waals surface area contributed by atoms with Gasteiger partial charge in [-0.3, -0.25) is 13.7 Å². The highest BCUT2D eigenvalue weighted by atomic mass is 32.2. The molecule has 0 heterocycles. The fraction of sp³-hybridized carbons (Fsp3) is 1.00. The van der Waals surface area contributed by atoms with Gasteiger partial charge in [0.1, 0.15) is 0 Å². The summed E-state index contributed by atoms with van der Waals surface area (Å²) >= 11 is 0. The summed E-state index contributed by atoms with van der Waals surface area (Å²) in [5, 5.41) is 0. The minimum Gasteiger partial charge on any atom is -0.286 e. The molecule has 0 bridgehead atoms. The second-order valence-electron chi connectivity index (χ2n) is 5.44. The van der Waals surface area contributed by atoms with Gasteiger partial charge in [-0.15, -0.1) is 0 Å². The molecule has 0 aromatic heterocycles. The summed E-state index contributed by atoms with van der Waals surface area (Å²) < 4.78 is 92.1. The molecule has 0 amide bonds. The van der Waals surface area contributed by atoms with Crippen molar-refractivity contribution in [3.8, 4) is 0 Å². The standard InChI is InChI=1S/C9H18O9S3/c10-19(11,12)4-7-1-2-8(5-20(13,14)15)9(3-7)6-21(16,17)18/h7-9H,1-6H2,(H,10,11,12)(H,13,14,15)(H,16,17,18)/t7-,8+,9-/m1/s1. The van der Waals surface area contributed by atoms with Gasteiger partial charge in [-0.05, 0) is 37.0 Å². The second kappa shape index (κ2) is 6.46. The van der Waals surface area contributed by atoms with E-state index in [1.807, 2.05) is 0 Å². The molecule has 0 spiro atoms. The van der Waals surface area contributed by atoms with Crippen molar-refractivity contribution < 1.29 is 38.9 Å². The van der Waals surface area contributed by atoms with Crippen LogP contribution in [0, 0.1) is 17.8 Å². The number of rotatable bonds is 6. The van der Waals surface area contributed by atoms with Crippen molar-refractivity contribution in [3.63, 3.8) is 0 Å². The van der Waals surface area contributed by atoms with Gasteiger partial charge in [-0.1, -0.05) is 0 Å². The van der Waals surface area contributed by atoms with Gasteiger partial charge < -0.3 is 0 Å². The van der Waals surface area contributed by atoms with Crippen molar-refractivity contribution in [3.05, 3.63) is 0 Å². The molecule has 1 rings (SSSR count). The first kappa shape index (κ1) is 18.8. The van der Waals surface area contributed by atoms with Crippen LogP contribution in [0.1, 0.15) is 19.3 Å². The van der Waals surface area contributed by atoms with Gasteiger partial charge in [-0.2, -0.15) is 25.3 Å². The Morgan fingerprint density at radius 1 is 0.667 bits per heavy atom. The van der Waals surface area contributed by atoms with E-state index in [2.05, 4.69) is 0 Å². The number of hydrogen-bond donors (Lipinski definition) is 3. The lowest BCUT2D eigenvalue weighted by molar-refractivity contribution is 0.218. The van der Waals surface area contributed by atoms with Crippen LogP contribution in [-0.4, -0.2) is 56.2 Å². The van der Waals surface area contributed by atoms with Gasteiger partial charge in [-0.25, -0.2) is 0 Å². The molecule has 3 atom stereocenters. The lowest BCUT2D eigenvalue weighted by Gasteiger charge is -2.34. The Kier molecular flexibility index (Phi) is 5.78. The van der Waals surface area contributed by atoms with Crippen LogP contribution in [0.15, 0.2) is 0 Å². The van der Waals surface area contributed by atoms with E-state index in [1.165, 1.54) is 0 Å². The van der Waals surface area contributed by atoms with Gasteiger partial charge in [0.05, 0.1) is 17.3 Å². The molecule has 0 saturated heterocycles. The first-order valence-corrected chi connectivity index (χ1v) is 10.9. The van der Waals surface area contributed by atoms with Crippen molar-refractivity contribution >= 4 is 30.4 Å². The molecule has 0 aromatic carbocycles. The first-order chi connectivity index (χ1) is 9.25. The van der Waals surface area contributed by atoms with Crippen LogP contribution in [0.2, 0.25) is 0 Å². The van der Waals surface area contributed by atoms with E-state index >= 15 is 0 Å². The fourth-order valence-corrected chi connectivity index (χ4v) is 5.67. The Morgan fingerprint density at radius 2 is 1.10 bits per heavy atom. The van der Waals surface area contributed by atoms with E-state index in [0.29, 0.717) is 0 Å². The smallest absolute Gasteiger partial charge is 0.265 e. The summed E-state index contributed by atoms with van der Waals surface area (Å²) in [7, 11) is -12.9. The Hall–Kier alpha value is -0.270. The average Bonchev–Trinajstić information content (AvgIpc) is 2.15. The Balaban J connectivity index is 2.88. The van der Waals surface area contributed by atoms with Gasteiger partial charge in [0.25, 0.3) is 30.4 Å². The zero-order chi connectivity index (χ0) is 16.5. The molecule has 1 aliphatic carbocycles. The maximum atomic E-state index is 11.0. The van der Waals surface area contributed by atoms with Crippen molar-refractivity contribution in [2.24, 2.45) is 17.8 Å². The molecule has 0 aliphatic heterocycles. The van der Waals surface area contributed by atoms with Crippen LogP contribution in [0.4, 0.5) is 0 Å². The molecule has 9 nitrogen and oxygen atoms in total. The zero-order valence-corrected chi connectivity index (χ0v) is 13.4. The van der Waals surface area contributed by atoms with Crippen LogP contribution in [0.3, 0.4) is 0 Å². The highest BCUT2D eigenvalue weighted by Gasteiger charge is 2.36. The summed E-state index contributed by atoms with van der Waals surface area (Å²) in [6.45, 7) is 0. The second-order valence-corrected chi connectivity index (χ2v) is 9.94. The van der Waals surface area contributed by atoms with Crippen molar-refractivity contribution in [2.45, 2.75) is 19.3 Å². The molecular weight excluding hydrogens is 348 g/mol. The average molecular weight is 366 g/mol. The maximum Gasteiger partial charge on any atom is 0.265 e. The Morgan fingerprint density at radius 3 is 1.52 bits per heavy atom. The molecule has 1 aliphatic rings. The SMILES string of the molecule is O=S(=O)(O)C[C@@H]1CC[C@@H](CS(=O)(=O)O)[C@@H](CS(=O)(=O)O)C1. The zero-order valence-electron chi connectivity index (χ0n) is 11.0. The van der Waals surface area contributed by atoms with Crippen LogP contribution in [0.25, 0.3) is 0 Å².